The van der Waals surface area contributed by atoms with Gasteiger partial charge in [-0.05, 0) is 301 Å². The van der Waals surface area contributed by atoms with Crippen molar-refractivity contribution in [1.29, 1.82) is 0 Å². The summed E-state index contributed by atoms with van der Waals surface area (Å²) in [6, 6.07) is 70.8. The lowest BCUT2D eigenvalue weighted by atomic mass is 9.86. The Hall–Kier alpha value is -13.8. The van der Waals surface area contributed by atoms with Crippen LogP contribution in [0.3, 0.4) is 0 Å². The number of aromatic nitrogens is 8. The molecule has 658 valence electrons. The maximum absolute atomic E-state index is 5.29. The Morgan fingerprint density at radius 3 is 0.417 bits per heavy atom. The Morgan fingerprint density at radius 1 is 0.159 bits per heavy atom. The summed E-state index contributed by atoms with van der Waals surface area (Å²) in [7, 11) is 0. The third kappa shape index (κ3) is 13.6. The molecule has 20 rings (SSSR count). The van der Waals surface area contributed by atoms with Gasteiger partial charge in [0, 0.05) is 125 Å². The Bertz CT molecular complexity index is 6680. The van der Waals surface area contributed by atoms with Crippen molar-refractivity contribution >= 4 is 188 Å². The lowest BCUT2D eigenvalue weighted by Crippen LogP contribution is -2.22. The Morgan fingerprint density at radius 2 is 0.295 bits per heavy atom. The van der Waals surface area contributed by atoms with Crippen LogP contribution in [0.25, 0.3) is 120 Å². The molecule has 0 bridgehead atoms. The van der Waals surface area contributed by atoms with Gasteiger partial charge in [0.15, 0.2) is 0 Å². The number of nitrogens with zero attached hydrogens (tertiary/aromatic N) is 12. The van der Waals surface area contributed by atoms with E-state index in [1.165, 1.54) is 135 Å². The Balaban J connectivity index is 1.12. The first-order valence-corrected chi connectivity index (χ1v) is 49.0. The van der Waals surface area contributed by atoms with E-state index in [1.54, 1.807) is 0 Å². The molecule has 0 N–H and O–H groups in total. The molecule has 0 aliphatic carbocycles. The van der Waals surface area contributed by atoms with Crippen molar-refractivity contribution in [2.45, 2.75) is 214 Å². The highest BCUT2D eigenvalue weighted by Crippen LogP contribution is 2.61. The monoisotopic (exact) mass is 1730 g/mol. The second-order valence-corrected chi connectivity index (χ2v) is 35.4. The first-order chi connectivity index (χ1) is 64.8. The van der Waals surface area contributed by atoms with Gasteiger partial charge in [-0.25, -0.2) is 0 Å². The van der Waals surface area contributed by atoms with Gasteiger partial charge in [-0.15, -0.1) is 0 Å². The molecule has 12 aromatic carbocycles. The summed E-state index contributed by atoms with van der Waals surface area (Å²) in [5, 5.41) is 16.0. The van der Waals surface area contributed by atoms with E-state index in [9.17, 15) is 0 Å². The van der Waals surface area contributed by atoms with E-state index < -0.39 is 0 Å². The van der Waals surface area contributed by atoms with Crippen molar-refractivity contribution in [1.82, 2.24) is 39.9 Å². The summed E-state index contributed by atoms with van der Waals surface area (Å²) in [5.41, 5.74) is 41.6. The summed E-state index contributed by atoms with van der Waals surface area (Å²) in [6.07, 6.45) is 27.6. The lowest BCUT2D eigenvalue weighted by Gasteiger charge is -2.39. The smallest absolute Gasteiger partial charge is 0.0708 e. The van der Waals surface area contributed by atoms with Gasteiger partial charge in [-0.2, -0.15) is 0 Å². The van der Waals surface area contributed by atoms with Crippen molar-refractivity contribution in [3.8, 4) is 0 Å². The molecule has 20 aromatic rings. The normalized spacial score (nSPS) is 12.0. The molecule has 0 fully saturated rings. The number of benzene rings is 12. The van der Waals surface area contributed by atoms with E-state index in [1.807, 2.05) is 49.6 Å². The standard InChI is InChI=1S/C120H118N12/c1-17-71-61-99-87(41-33-53-121-99)79(25-9)113(71)129(114-72(18-2)62-100-88(80(114)26-10)42-34-54-122-100)107-69-108(130(115-73(19-3)63-101-89(81(115)27-11)43-35-55-123-101)116-74(20-4)64-102-90(82(116)28-12)44-36-56-124-102)96-51-52-98-110(132(119-77(23-7)67-105-93(85(119)31-15)47-39-59-127-105)120-78(24-8)68-106-94(86(120)32-16)48-40-60-128-106)70-109(97-50-49-95(107)111(96)112(97)98)131(117-75(21-5)65-103-91(83(117)29-13)45-37-57-125-103)118-76(22-6)66-104-92(84(118)30-14)46-38-58-126-104/h33-70H,17-32H2,1-16H3. The van der Waals surface area contributed by atoms with Gasteiger partial charge in [-0.3, -0.25) is 39.9 Å². The molecule has 0 amide bonds. The molecule has 12 nitrogen and oxygen atoms in total. The second-order valence-electron chi connectivity index (χ2n) is 35.4. The highest BCUT2D eigenvalue weighted by molar-refractivity contribution is 6.34. The highest BCUT2D eigenvalue weighted by Gasteiger charge is 2.39. The predicted octanol–water partition coefficient (Wildman–Crippen LogP) is 31.8. The van der Waals surface area contributed by atoms with Crippen molar-refractivity contribution in [2.75, 3.05) is 19.6 Å². The third-order valence-corrected chi connectivity index (χ3v) is 29.0. The zero-order chi connectivity index (χ0) is 91.0. The Labute approximate surface area is 776 Å². The Kier molecular flexibility index (Phi) is 23.4. The molecule has 0 radical (unpaired) electrons. The van der Waals surface area contributed by atoms with E-state index in [0.717, 1.165) is 245 Å². The van der Waals surface area contributed by atoms with Crippen molar-refractivity contribution in [3.63, 3.8) is 0 Å². The number of fused-ring (bicyclic) bond motifs is 8. The number of anilines is 12. The van der Waals surface area contributed by atoms with Crippen LogP contribution in [-0.4, -0.2) is 39.9 Å². The molecule has 0 spiro atoms. The summed E-state index contributed by atoms with van der Waals surface area (Å²) in [5.74, 6) is 0. The zero-order valence-electron chi connectivity index (χ0n) is 79.6. The molecule has 0 aliphatic rings. The minimum absolute atomic E-state index is 0.738. The van der Waals surface area contributed by atoms with E-state index >= 15 is 0 Å². The van der Waals surface area contributed by atoms with Crippen LogP contribution in [0.5, 0.6) is 0 Å². The molecular weight excluding hydrogens is 1610 g/mol. The first kappa shape index (κ1) is 86.2. The van der Waals surface area contributed by atoms with Gasteiger partial charge < -0.3 is 19.6 Å². The van der Waals surface area contributed by atoms with Gasteiger partial charge in [0.25, 0.3) is 0 Å². The molecule has 0 atom stereocenters. The van der Waals surface area contributed by atoms with E-state index in [4.69, 9.17) is 39.9 Å². The van der Waals surface area contributed by atoms with Gasteiger partial charge in [0.1, 0.15) is 0 Å². The van der Waals surface area contributed by atoms with Crippen LogP contribution in [0.4, 0.5) is 68.2 Å². The average molecular weight is 1730 g/mol. The summed E-state index contributed by atoms with van der Waals surface area (Å²) >= 11 is 0. The molecule has 8 heterocycles. The summed E-state index contributed by atoms with van der Waals surface area (Å²) in [4.78, 5) is 53.6. The number of rotatable bonds is 28. The fourth-order valence-corrected chi connectivity index (χ4v) is 23.1. The van der Waals surface area contributed by atoms with Gasteiger partial charge in [0.05, 0.1) is 112 Å². The molecule has 132 heavy (non-hydrogen) atoms. The number of hydrogen-bond acceptors (Lipinski definition) is 12. The quantitative estimate of drug-likeness (QED) is 0.0435. The fraction of sp³-hybridized carbons (Fsp3) is 0.267. The number of aryl methyl sites for hydroxylation is 16. The van der Waals surface area contributed by atoms with E-state index in [0.29, 0.717) is 0 Å². The predicted molar refractivity (Wildman–Crippen MR) is 561 cm³/mol. The topological polar surface area (TPSA) is 116 Å². The maximum atomic E-state index is 5.29. The van der Waals surface area contributed by atoms with E-state index in [-0.39, 0.29) is 0 Å². The van der Waals surface area contributed by atoms with Crippen LogP contribution in [0.1, 0.15) is 200 Å². The molecule has 0 saturated carbocycles. The van der Waals surface area contributed by atoms with Crippen molar-refractivity contribution in [3.05, 3.63) is 321 Å². The summed E-state index contributed by atoms with van der Waals surface area (Å²) in [6.45, 7) is 37.8. The van der Waals surface area contributed by atoms with Gasteiger partial charge in [0.2, 0.25) is 0 Å². The minimum Gasteiger partial charge on any atom is -0.309 e. The molecule has 8 aromatic heterocycles. The van der Waals surface area contributed by atoms with Crippen LogP contribution in [-0.2, 0) is 103 Å². The molecule has 0 unspecified atom stereocenters. The molecule has 0 aliphatic heterocycles. The SMILES string of the molecule is CCc1cc2ncccc2c(CC)c1N(c1c(CC)cc2ncccc2c1CC)c1cc(N(c2c(CC)cc3ncccc3c2CC)c2c(CC)cc3ncccc3c2CC)c2ccc3c(N(c4c(CC)cc5ncccc5c4CC)c4c(CC)cc5ncccc5c4CC)cc(N(c4c(CC)cc5ncccc5c4CC)c4c(CC)cc5ncccc5c4CC)c4ccc1c2c43. The maximum Gasteiger partial charge on any atom is 0.0708 e. The second kappa shape index (κ2) is 35.8. The van der Waals surface area contributed by atoms with Crippen LogP contribution in [0.15, 0.2) is 232 Å². The van der Waals surface area contributed by atoms with Crippen LogP contribution in [0, 0.1) is 0 Å². The van der Waals surface area contributed by atoms with Crippen molar-refractivity contribution in [2.24, 2.45) is 0 Å². The van der Waals surface area contributed by atoms with Crippen LogP contribution in [0.2, 0.25) is 0 Å². The van der Waals surface area contributed by atoms with E-state index in [2.05, 4.69) is 312 Å². The minimum atomic E-state index is 0.738. The number of hydrogen-bond donors (Lipinski definition) is 0. The fourth-order valence-electron chi connectivity index (χ4n) is 23.1. The first-order valence-electron chi connectivity index (χ1n) is 49.0. The van der Waals surface area contributed by atoms with Gasteiger partial charge >= 0.3 is 0 Å². The lowest BCUT2D eigenvalue weighted by molar-refractivity contribution is 1.03. The van der Waals surface area contributed by atoms with Crippen LogP contribution >= 0.6 is 0 Å². The summed E-state index contributed by atoms with van der Waals surface area (Å²) < 4.78 is 0. The third-order valence-electron chi connectivity index (χ3n) is 29.0. The average Bonchev–Trinajstić information content (AvgIpc) is 0.685. The van der Waals surface area contributed by atoms with Gasteiger partial charge in [-0.1, -0.05) is 184 Å². The number of pyridine rings is 8. The largest absolute Gasteiger partial charge is 0.309 e. The highest BCUT2D eigenvalue weighted by atomic mass is 15.2. The van der Waals surface area contributed by atoms with Crippen molar-refractivity contribution < 1.29 is 0 Å². The molecule has 12 heteroatoms. The zero-order valence-corrected chi connectivity index (χ0v) is 79.6. The van der Waals surface area contributed by atoms with Crippen LogP contribution < -0.4 is 19.6 Å². The molecular formula is C120H118N12. The molecule has 0 saturated heterocycles.